The molecule has 0 N–H and O–H groups in total. The normalized spacial score (nSPS) is 9.27. The summed E-state index contributed by atoms with van der Waals surface area (Å²) in [5.74, 6) is -0.436. The Hall–Kier alpha value is -0.303. The molecule has 0 aliphatic carbocycles. The third-order valence-corrected chi connectivity index (χ3v) is 1.66. The van der Waals surface area contributed by atoms with E-state index in [-0.39, 0.29) is 23.8 Å². The summed E-state index contributed by atoms with van der Waals surface area (Å²) in [5, 5.41) is 0. The van der Waals surface area contributed by atoms with Gasteiger partial charge in [0.2, 0.25) is 0 Å². The van der Waals surface area contributed by atoms with Crippen LogP contribution in [0.3, 0.4) is 0 Å². The van der Waals surface area contributed by atoms with Gasteiger partial charge in [-0.1, -0.05) is 17.0 Å². The molecule has 0 atom stereocenters. The Balaban J connectivity index is 0.000001000. The summed E-state index contributed by atoms with van der Waals surface area (Å²) in [4.78, 5) is 0.0985. The van der Waals surface area contributed by atoms with Gasteiger partial charge in [-0.3, -0.25) is 0 Å². The Morgan fingerprint density at radius 2 is 1.55 bits per heavy atom. The number of rotatable bonds is 1. The SMILES string of the molecule is O=[S-](=O)c1ccc(F)cc1.[Li+]. The van der Waals surface area contributed by atoms with Crippen LogP contribution in [0.15, 0.2) is 29.2 Å². The fraction of sp³-hybridized carbons (Fsp3) is 0. The maximum atomic E-state index is 12.1. The molecule has 11 heavy (non-hydrogen) atoms. The molecule has 0 aliphatic heterocycles. The molecule has 1 aromatic rings. The predicted molar refractivity (Wildman–Crippen MR) is 33.4 cm³/mol. The third-order valence-electron chi connectivity index (χ3n) is 1.01. The van der Waals surface area contributed by atoms with Gasteiger partial charge in [0.25, 0.3) is 0 Å². The Bertz CT molecular complexity index is 286. The van der Waals surface area contributed by atoms with E-state index < -0.39 is 16.5 Å². The van der Waals surface area contributed by atoms with Crippen molar-refractivity contribution in [2.75, 3.05) is 0 Å². The summed E-state index contributed by atoms with van der Waals surface area (Å²) in [5.41, 5.74) is 0. The van der Waals surface area contributed by atoms with Gasteiger partial charge in [0.1, 0.15) is 5.82 Å². The van der Waals surface area contributed by atoms with Crippen molar-refractivity contribution in [2.45, 2.75) is 4.90 Å². The van der Waals surface area contributed by atoms with Gasteiger partial charge in [-0.25, -0.2) is 4.39 Å². The standard InChI is InChI=1S/C6H4FO2S.Li/c7-5-1-3-6(4-2-5)10(8)9;/h1-4H;/q-1;+1. The first kappa shape index (κ1) is 10.7. The van der Waals surface area contributed by atoms with Crippen LogP contribution in [0.1, 0.15) is 0 Å². The van der Waals surface area contributed by atoms with Crippen molar-refractivity contribution in [3.63, 3.8) is 0 Å². The molecule has 0 aliphatic rings. The molecule has 54 valence electrons. The van der Waals surface area contributed by atoms with Crippen molar-refractivity contribution in [3.8, 4) is 0 Å². The molecule has 0 saturated carbocycles. The van der Waals surface area contributed by atoms with Gasteiger partial charge >= 0.3 is 18.9 Å². The van der Waals surface area contributed by atoms with E-state index in [2.05, 4.69) is 0 Å². The van der Waals surface area contributed by atoms with E-state index in [9.17, 15) is 12.8 Å². The zero-order valence-electron chi connectivity index (χ0n) is 5.91. The number of hydrogen-bond donors (Lipinski definition) is 0. The van der Waals surface area contributed by atoms with Gasteiger partial charge in [-0.05, 0) is 22.8 Å². The Morgan fingerprint density at radius 1 is 1.09 bits per heavy atom. The van der Waals surface area contributed by atoms with Crippen molar-refractivity contribution < 1.29 is 31.7 Å². The van der Waals surface area contributed by atoms with Crippen LogP contribution in [-0.4, -0.2) is 0 Å². The van der Waals surface area contributed by atoms with E-state index in [0.29, 0.717) is 0 Å². The van der Waals surface area contributed by atoms with Crippen LogP contribution < -0.4 is 18.9 Å². The first-order chi connectivity index (χ1) is 4.70. The topological polar surface area (TPSA) is 34.1 Å². The Labute approximate surface area is 77.6 Å². The smallest absolute Gasteiger partial charge is 0.420 e. The molecule has 0 bridgehead atoms. The first-order valence-corrected chi connectivity index (χ1v) is 3.62. The molecule has 5 heteroatoms. The first-order valence-electron chi connectivity index (χ1n) is 2.55. The van der Waals surface area contributed by atoms with Crippen LogP contribution in [-0.2, 0) is 19.1 Å². The van der Waals surface area contributed by atoms with Gasteiger partial charge in [0.05, 0.1) is 0 Å². The second-order valence-corrected chi connectivity index (χ2v) is 2.63. The van der Waals surface area contributed by atoms with Crippen LogP contribution >= 0.6 is 0 Å². The molecule has 0 aromatic heterocycles. The van der Waals surface area contributed by atoms with Crippen LogP contribution in [0.25, 0.3) is 0 Å². The summed E-state index contributed by atoms with van der Waals surface area (Å²) in [7, 11) is -2.25. The number of halogens is 1. The summed E-state index contributed by atoms with van der Waals surface area (Å²) in [6.07, 6.45) is 0. The molecule has 0 spiro atoms. The van der Waals surface area contributed by atoms with Gasteiger partial charge < -0.3 is 8.42 Å². The minimum atomic E-state index is -2.25. The summed E-state index contributed by atoms with van der Waals surface area (Å²) < 4.78 is 32.5. The van der Waals surface area contributed by atoms with E-state index in [1.165, 1.54) is 12.1 Å². The molecule has 0 saturated heterocycles. The molecule has 0 radical (unpaired) electrons. The van der Waals surface area contributed by atoms with Crippen LogP contribution in [0.2, 0.25) is 0 Å². The summed E-state index contributed by atoms with van der Waals surface area (Å²) >= 11 is 0. The minimum Gasteiger partial charge on any atom is -0.420 e. The van der Waals surface area contributed by atoms with E-state index in [1.807, 2.05) is 0 Å². The van der Waals surface area contributed by atoms with E-state index in [4.69, 9.17) is 0 Å². The van der Waals surface area contributed by atoms with Crippen molar-refractivity contribution in [1.29, 1.82) is 0 Å². The largest absolute Gasteiger partial charge is 1.00 e. The van der Waals surface area contributed by atoms with Crippen LogP contribution in [0.5, 0.6) is 0 Å². The maximum absolute atomic E-state index is 12.1. The quantitative estimate of drug-likeness (QED) is 0.376. The molecular formula is C6H4FLiO2S. The Morgan fingerprint density at radius 3 is 1.91 bits per heavy atom. The van der Waals surface area contributed by atoms with Gasteiger partial charge in [0.15, 0.2) is 0 Å². The molecular weight excluding hydrogens is 162 g/mol. The van der Waals surface area contributed by atoms with Crippen LogP contribution in [0, 0.1) is 5.82 Å². The second-order valence-electron chi connectivity index (χ2n) is 1.69. The monoisotopic (exact) mass is 166 g/mol. The van der Waals surface area contributed by atoms with Crippen molar-refractivity contribution in [1.82, 2.24) is 0 Å². The average molecular weight is 166 g/mol. The van der Waals surface area contributed by atoms with E-state index in [1.54, 1.807) is 0 Å². The van der Waals surface area contributed by atoms with Gasteiger partial charge in [-0.15, -0.1) is 0 Å². The third kappa shape index (κ3) is 3.06. The fourth-order valence-electron chi connectivity index (χ4n) is 0.546. The fourth-order valence-corrected chi connectivity index (χ4v) is 0.904. The minimum absolute atomic E-state index is 0. The zero-order valence-corrected chi connectivity index (χ0v) is 6.73. The van der Waals surface area contributed by atoms with Crippen molar-refractivity contribution >= 4 is 10.7 Å². The van der Waals surface area contributed by atoms with Crippen LogP contribution in [0.4, 0.5) is 4.39 Å². The second kappa shape index (κ2) is 4.55. The molecule has 0 fully saturated rings. The van der Waals surface area contributed by atoms with Gasteiger partial charge in [0, 0.05) is 0 Å². The molecule has 1 rings (SSSR count). The maximum Gasteiger partial charge on any atom is 1.00 e. The number of hydrogen-bond acceptors (Lipinski definition) is 3. The summed E-state index contributed by atoms with van der Waals surface area (Å²) in [6, 6.07) is 4.62. The molecule has 0 amide bonds. The number of benzene rings is 1. The molecule has 2 nitrogen and oxygen atoms in total. The zero-order chi connectivity index (χ0) is 7.56. The van der Waals surface area contributed by atoms with Gasteiger partial charge in [-0.2, -0.15) is 0 Å². The van der Waals surface area contributed by atoms with E-state index in [0.717, 1.165) is 12.1 Å². The van der Waals surface area contributed by atoms with Crippen molar-refractivity contribution in [2.24, 2.45) is 0 Å². The Kier molecular flexibility index (Phi) is 4.42. The molecule has 0 heterocycles. The van der Waals surface area contributed by atoms with E-state index >= 15 is 0 Å². The van der Waals surface area contributed by atoms with Crippen molar-refractivity contribution in [3.05, 3.63) is 30.1 Å². The average Bonchev–Trinajstić information content (AvgIpc) is 1.88. The molecule has 0 unspecified atom stereocenters. The predicted octanol–water partition coefficient (Wildman–Crippen LogP) is -1.50. The molecule has 1 aromatic carbocycles. The summed E-state index contributed by atoms with van der Waals surface area (Å²) in [6.45, 7) is 0.